The average molecular weight is 264 g/mol. The van der Waals surface area contributed by atoms with Crippen molar-refractivity contribution < 1.29 is 9.90 Å². The maximum Gasteiger partial charge on any atom is 0.237 e. The topological polar surface area (TPSA) is 75.3 Å². The van der Waals surface area contributed by atoms with Gasteiger partial charge in [0.2, 0.25) is 5.91 Å². The van der Waals surface area contributed by atoms with E-state index < -0.39 is 17.6 Å². The molecule has 0 radical (unpaired) electrons. The van der Waals surface area contributed by atoms with E-state index in [1.54, 1.807) is 13.8 Å². The molecule has 1 aromatic carbocycles. The number of β-amino-alcohol motifs (C(OH)–C–C–N with tert-alkyl or cyclic N) is 1. The third kappa shape index (κ3) is 4.33. The number of primary amides is 1. The number of nitrogens with one attached hydrogen (secondary N) is 1. The van der Waals surface area contributed by atoms with Gasteiger partial charge in [-0.25, -0.2) is 0 Å². The minimum absolute atomic E-state index is 0.289. The molecule has 0 aliphatic carbocycles. The highest BCUT2D eigenvalue weighted by atomic mass is 16.3. The van der Waals surface area contributed by atoms with E-state index in [1.807, 2.05) is 24.3 Å². The zero-order chi connectivity index (χ0) is 14.6. The summed E-state index contributed by atoms with van der Waals surface area (Å²) in [5.41, 5.74) is 6.51. The molecule has 0 heterocycles. The average Bonchev–Trinajstić information content (AvgIpc) is 2.36. The van der Waals surface area contributed by atoms with Crippen molar-refractivity contribution in [2.24, 2.45) is 5.73 Å². The quantitative estimate of drug-likeness (QED) is 0.732. The molecule has 19 heavy (non-hydrogen) atoms. The van der Waals surface area contributed by atoms with Gasteiger partial charge >= 0.3 is 0 Å². The number of hydrogen-bond donors (Lipinski definition) is 3. The SMILES string of the molecule is CC(C)c1ccc(C(O)CNC(C)(C)C(N)=O)cc1. The summed E-state index contributed by atoms with van der Waals surface area (Å²) in [5, 5.41) is 13.1. The molecule has 1 aromatic rings. The Morgan fingerprint density at radius 2 is 1.74 bits per heavy atom. The molecule has 106 valence electrons. The third-order valence-electron chi connectivity index (χ3n) is 3.34. The highest BCUT2D eigenvalue weighted by molar-refractivity contribution is 5.83. The molecule has 1 rings (SSSR count). The molecule has 1 atom stereocenters. The predicted octanol–water partition coefficient (Wildman–Crippen LogP) is 1.70. The van der Waals surface area contributed by atoms with Crippen LogP contribution in [0.25, 0.3) is 0 Å². The van der Waals surface area contributed by atoms with Crippen molar-refractivity contribution in [3.63, 3.8) is 0 Å². The molecular formula is C15H24N2O2. The number of carbonyl (C=O) groups is 1. The third-order valence-corrected chi connectivity index (χ3v) is 3.34. The van der Waals surface area contributed by atoms with Crippen molar-refractivity contribution in [1.29, 1.82) is 0 Å². The lowest BCUT2D eigenvalue weighted by Crippen LogP contribution is -2.51. The van der Waals surface area contributed by atoms with Gasteiger partial charge in [0.05, 0.1) is 11.6 Å². The van der Waals surface area contributed by atoms with E-state index in [9.17, 15) is 9.90 Å². The number of aliphatic hydroxyl groups excluding tert-OH is 1. The van der Waals surface area contributed by atoms with Crippen LogP contribution in [0.15, 0.2) is 24.3 Å². The first-order valence-corrected chi connectivity index (χ1v) is 6.57. The van der Waals surface area contributed by atoms with E-state index in [1.165, 1.54) is 5.56 Å². The number of rotatable bonds is 6. The van der Waals surface area contributed by atoms with Gasteiger partial charge in [-0.2, -0.15) is 0 Å². The van der Waals surface area contributed by atoms with Gasteiger partial charge in [-0.15, -0.1) is 0 Å². The maximum absolute atomic E-state index is 11.2. The fraction of sp³-hybridized carbons (Fsp3) is 0.533. The Balaban J connectivity index is 2.63. The molecule has 0 saturated carbocycles. The molecule has 0 bridgehead atoms. The molecule has 0 saturated heterocycles. The molecule has 4 N–H and O–H groups in total. The van der Waals surface area contributed by atoms with Crippen molar-refractivity contribution >= 4 is 5.91 Å². The smallest absolute Gasteiger partial charge is 0.237 e. The van der Waals surface area contributed by atoms with Crippen LogP contribution in [0.5, 0.6) is 0 Å². The second kappa shape index (κ2) is 6.17. The van der Waals surface area contributed by atoms with Gasteiger partial charge in [0, 0.05) is 6.54 Å². The maximum atomic E-state index is 11.2. The molecule has 0 spiro atoms. The Morgan fingerprint density at radius 3 is 2.16 bits per heavy atom. The standard InChI is InChI=1S/C15H24N2O2/c1-10(2)11-5-7-12(8-6-11)13(18)9-17-15(3,4)14(16)19/h5-8,10,13,17-18H,9H2,1-4H3,(H2,16,19). The Kier molecular flexibility index (Phi) is 5.09. The van der Waals surface area contributed by atoms with Crippen molar-refractivity contribution in [2.75, 3.05) is 6.54 Å². The summed E-state index contributed by atoms with van der Waals surface area (Å²) in [6, 6.07) is 7.86. The first kappa shape index (κ1) is 15.7. The number of benzene rings is 1. The van der Waals surface area contributed by atoms with Crippen molar-refractivity contribution in [1.82, 2.24) is 5.32 Å². The number of hydrogen-bond acceptors (Lipinski definition) is 3. The summed E-state index contributed by atoms with van der Waals surface area (Å²) in [4.78, 5) is 11.2. The van der Waals surface area contributed by atoms with Crippen LogP contribution in [0.4, 0.5) is 0 Å². The van der Waals surface area contributed by atoms with Crippen LogP contribution >= 0.6 is 0 Å². The highest BCUT2D eigenvalue weighted by Crippen LogP contribution is 2.18. The lowest BCUT2D eigenvalue weighted by atomic mass is 9.99. The first-order chi connectivity index (χ1) is 8.74. The van der Waals surface area contributed by atoms with Crippen LogP contribution in [0.1, 0.15) is 50.8 Å². The van der Waals surface area contributed by atoms with Crippen molar-refractivity contribution in [3.8, 4) is 0 Å². The Hall–Kier alpha value is -1.39. The summed E-state index contributed by atoms with van der Waals surface area (Å²) in [6.07, 6.45) is -0.653. The molecule has 4 nitrogen and oxygen atoms in total. The summed E-state index contributed by atoms with van der Waals surface area (Å²) in [5.74, 6) is 0.0352. The van der Waals surface area contributed by atoms with Gasteiger partial charge in [-0.05, 0) is 30.9 Å². The Morgan fingerprint density at radius 1 is 1.26 bits per heavy atom. The van der Waals surface area contributed by atoms with Gasteiger partial charge in [0.1, 0.15) is 0 Å². The lowest BCUT2D eigenvalue weighted by molar-refractivity contribution is -0.123. The van der Waals surface area contributed by atoms with E-state index >= 15 is 0 Å². The van der Waals surface area contributed by atoms with Gasteiger partial charge in [-0.3, -0.25) is 4.79 Å². The molecule has 0 aliphatic heterocycles. The molecule has 1 unspecified atom stereocenters. The fourth-order valence-corrected chi connectivity index (χ4v) is 1.66. The van der Waals surface area contributed by atoms with Gasteiger partial charge in [0.25, 0.3) is 0 Å². The van der Waals surface area contributed by atoms with Crippen LogP contribution in [0.2, 0.25) is 0 Å². The van der Waals surface area contributed by atoms with E-state index in [-0.39, 0.29) is 6.54 Å². The molecule has 0 aliphatic rings. The van der Waals surface area contributed by atoms with Gasteiger partial charge in [-0.1, -0.05) is 38.1 Å². The number of aliphatic hydroxyl groups is 1. The lowest BCUT2D eigenvalue weighted by Gasteiger charge is -2.24. The van der Waals surface area contributed by atoms with E-state index in [0.29, 0.717) is 5.92 Å². The van der Waals surface area contributed by atoms with Gasteiger partial charge < -0.3 is 16.2 Å². The number of carbonyl (C=O) groups excluding carboxylic acids is 1. The monoisotopic (exact) mass is 264 g/mol. The van der Waals surface area contributed by atoms with Crippen molar-refractivity contribution in [2.45, 2.75) is 45.3 Å². The molecule has 0 fully saturated rings. The van der Waals surface area contributed by atoms with Crippen LogP contribution in [0.3, 0.4) is 0 Å². The van der Waals surface area contributed by atoms with E-state index in [2.05, 4.69) is 19.2 Å². The normalized spacial score (nSPS) is 13.6. The zero-order valence-electron chi connectivity index (χ0n) is 12.1. The minimum atomic E-state index is -0.821. The first-order valence-electron chi connectivity index (χ1n) is 6.57. The van der Waals surface area contributed by atoms with Crippen LogP contribution in [-0.4, -0.2) is 23.1 Å². The van der Waals surface area contributed by atoms with E-state index in [4.69, 9.17) is 5.73 Å². The second-order valence-corrected chi connectivity index (χ2v) is 5.71. The summed E-state index contributed by atoms with van der Waals surface area (Å²) < 4.78 is 0. The van der Waals surface area contributed by atoms with E-state index in [0.717, 1.165) is 5.56 Å². The molecule has 4 heteroatoms. The summed E-state index contributed by atoms with van der Waals surface area (Å²) in [7, 11) is 0. The molecule has 0 aromatic heterocycles. The Bertz CT molecular complexity index is 424. The van der Waals surface area contributed by atoms with Crippen LogP contribution < -0.4 is 11.1 Å². The second-order valence-electron chi connectivity index (χ2n) is 5.71. The predicted molar refractivity (Wildman–Crippen MR) is 76.8 cm³/mol. The molecular weight excluding hydrogens is 240 g/mol. The van der Waals surface area contributed by atoms with Crippen LogP contribution in [0, 0.1) is 0 Å². The Labute approximate surface area is 115 Å². The zero-order valence-corrected chi connectivity index (χ0v) is 12.1. The largest absolute Gasteiger partial charge is 0.387 e. The fourth-order valence-electron chi connectivity index (χ4n) is 1.66. The number of amides is 1. The molecule has 1 amide bonds. The summed E-state index contributed by atoms with van der Waals surface area (Å²) >= 11 is 0. The minimum Gasteiger partial charge on any atom is -0.387 e. The van der Waals surface area contributed by atoms with Crippen molar-refractivity contribution in [3.05, 3.63) is 35.4 Å². The highest BCUT2D eigenvalue weighted by Gasteiger charge is 2.25. The van der Waals surface area contributed by atoms with Crippen LogP contribution in [-0.2, 0) is 4.79 Å². The number of nitrogens with two attached hydrogens (primary N) is 1. The summed E-state index contributed by atoms with van der Waals surface area (Å²) in [6.45, 7) is 7.94. The van der Waals surface area contributed by atoms with Gasteiger partial charge in [0.15, 0.2) is 0 Å².